The molecule has 2 rings (SSSR count). The van der Waals surface area contributed by atoms with Gasteiger partial charge in [0.05, 0.1) is 0 Å². The number of hydrogen-bond acceptors (Lipinski definition) is 2. The number of fused-ring (bicyclic) bond motifs is 1. The molecule has 0 saturated carbocycles. The Bertz CT molecular complexity index is 586. The molecular formula is C16H22IN3S. The molecular weight excluding hydrogens is 393 g/mol. The molecule has 0 radical (unpaired) electrons. The van der Waals surface area contributed by atoms with E-state index in [4.69, 9.17) is 0 Å². The van der Waals surface area contributed by atoms with E-state index in [0.717, 1.165) is 24.8 Å². The smallest absolute Gasteiger partial charge is 0.191 e. The Balaban J connectivity index is 0.00000220. The van der Waals surface area contributed by atoms with Crippen LogP contribution in [0.1, 0.15) is 5.56 Å². The summed E-state index contributed by atoms with van der Waals surface area (Å²) in [5.41, 5.74) is 1.26. The number of rotatable bonds is 5. The fourth-order valence-corrected chi connectivity index (χ4v) is 2.33. The monoisotopic (exact) mass is 415 g/mol. The normalized spacial score (nSPS) is 11.0. The second kappa shape index (κ2) is 9.89. The van der Waals surface area contributed by atoms with Crippen molar-refractivity contribution < 1.29 is 0 Å². The average molecular weight is 415 g/mol. The van der Waals surface area contributed by atoms with Crippen LogP contribution in [0.15, 0.2) is 47.5 Å². The van der Waals surface area contributed by atoms with Crippen LogP contribution in [0.25, 0.3) is 10.8 Å². The summed E-state index contributed by atoms with van der Waals surface area (Å²) in [6, 6.07) is 15.0. The van der Waals surface area contributed by atoms with Gasteiger partial charge in [0.25, 0.3) is 0 Å². The Morgan fingerprint density at radius 1 is 1.10 bits per heavy atom. The summed E-state index contributed by atoms with van der Waals surface area (Å²) in [5.74, 6) is 1.93. The van der Waals surface area contributed by atoms with Gasteiger partial charge in [0.15, 0.2) is 5.96 Å². The maximum Gasteiger partial charge on any atom is 0.191 e. The highest BCUT2D eigenvalue weighted by Gasteiger charge is 1.99. The van der Waals surface area contributed by atoms with Crippen molar-refractivity contribution in [3.8, 4) is 0 Å². The van der Waals surface area contributed by atoms with E-state index >= 15 is 0 Å². The molecule has 0 fully saturated rings. The fraction of sp³-hybridized carbons (Fsp3) is 0.312. The third kappa shape index (κ3) is 5.74. The van der Waals surface area contributed by atoms with Crippen molar-refractivity contribution in [1.29, 1.82) is 0 Å². The molecule has 3 nitrogen and oxygen atoms in total. The minimum atomic E-state index is 0. The second-order valence-corrected chi connectivity index (χ2v) is 5.51. The van der Waals surface area contributed by atoms with Gasteiger partial charge in [-0.1, -0.05) is 36.4 Å². The van der Waals surface area contributed by atoms with Gasteiger partial charge >= 0.3 is 0 Å². The number of nitrogens with one attached hydrogen (secondary N) is 2. The second-order valence-electron chi connectivity index (χ2n) is 4.53. The van der Waals surface area contributed by atoms with Crippen molar-refractivity contribution >= 4 is 52.5 Å². The number of benzene rings is 2. The zero-order valence-corrected chi connectivity index (χ0v) is 15.6. The number of halogens is 1. The molecule has 5 heteroatoms. The minimum absolute atomic E-state index is 0. The van der Waals surface area contributed by atoms with Gasteiger partial charge in [0.2, 0.25) is 0 Å². The summed E-state index contributed by atoms with van der Waals surface area (Å²) in [6.45, 7) is 1.71. The van der Waals surface area contributed by atoms with Crippen molar-refractivity contribution in [2.24, 2.45) is 4.99 Å². The Morgan fingerprint density at radius 3 is 2.57 bits per heavy atom. The standard InChI is InChI=1S/C16H21N3S.HI/c1-17-16(18-9-10-20-2)19-12-13-7-8-14-5-3-4-6-15(14)11-13;/h3-8,11H,9-10,12H2,1-2H3,(H2,17,18,19);1H. The van der Waals surface area contributed by atoms with E-state index in [9.17, 15) is 0 Å². The van der Waals surface area contributed by atoms with Gasteiger partial charge in [-0.3, -0.25) is 4.99 Å². The van der Waals surface area contributed by atoms with Gasteiger partial charge in [-0.05, 0) is 28.7 Å². The molecule has 0 aromatic heterocycles. The third-order valence-corrected chi connectivity index (χ3v) is 3.71. The number of thioether (sulfide) groups is 1. The quantitative estimate of drug-likeness (QED) is 0.340. The van der Waals surface area contributed by atoms with Crippen molar-refractivity contribution in [2.75, 3.05) is 25.6 Å². The van der Waals surface area contributed by atoms with Crippen LogP contribution < -0.4 is 10.6 Å². The van der Waals surface area contributed by atoms with E-state index in [0.29, 0.717) is 0 Å². The summed E-state index contributed by atoms with van der Waals surface area (Å²) in [6.07, 6.45) is 2.10. The molecule has 0 aliphatic carbocycles. The highest BCUT2D eigenvalue weighted by atomic mass is 127. The fourth-order valence-electron chi connectivity index (χ4n) is 2.03. The Morgan fingerprint density at radius 2 is 1.86 bits per heavy atom. The molecule has 0 spiro atoms. The molecule has 0 aliphatic rings. The molecule has 2 aromatic rings. The first kappa shape index (κ1) is 18.1. The molecule has 0 bridgehead atoms. The van der Waals surface area contributed by atoms with Crippen molar-refractivity contribution in [2.45, 2.75) is 6.54 Å². The van der Waals surface area contributed by atoms with E-state index in [1.165, 1.54) is 16.3 Å². The van der Waals surface area contributed by atoms with Crippen LogP contribution in [-0.2, 0) is 6.54 Å². The highest BCUT2D eigenvalue weighted by molar-refractivity contribution is 14.0. The minimum Gasteiger partial charge on any atom is -0.356 e. The summed E-state index contributed by atoms with van der Waals surface area (Å²) in [7, 11) is 1.80. The lowest BCUT2D eigenvalue weighted by Gasteiger charge is -2.11. The predicted molar refractivity (Wildman–Crippen MR) is 106 cm³/mol. The van der Waals surface area contributed by atoms with Crippen LogP contribution in [0, 0.1) is 0 Å². The Hall–Kier alpha value is -0.950. The number of hydrogen-bond donors (Lipinski definition) is 2. The molecule has 2 aromatic carbocycles. The van der Waals surface area contributed by atoms with Crippen LogP contribution in [-0.4, -0.2) is 31.6 Å². The maximum atomic E-state index is 4.22. The summed E-state index contributed by atoms with van der Waals surface area (Å²) < 4.78 is 0. The summed E-state index contributed by atoms with van der Waals surface area (Å²) in [4.78, 5) is 4.22. The first-order valence-electron chi connectivity index (χ1n) is 6.74. The molecule has 0 aliphatic heterocycles. The first-order valence-corrected chi connectivity index (χ1v) is 8.14. The zero-order chi connectivity index (χ0) is 14.2. The van der Waals surface area contributed by atoms with Crippen LogP contribution >= 0.6 is 35.7 Å². The maximum absolute atomic E-state index is 4.22. The van der Waals surface area contributed by atoms with Gasteiger partial charge in [-0.2, -0.15) is 11.8 Å². The van der Waals surface area contributed by atoms with Crippen molar-refractivity contribution in [3.05, 3.63) is 48.0 Å². The molecule has 114 valence electrons. The highest BCUT2D eigenvalue weighted by Crippen LogP contribution is 2.15. The van der Waals surface area contributed by atoms with Crippen LogP contribution in [0.4, 0.5) is 0 Å². The SMILES string of the molecule is CN=C(NCCSC)NCc1ccc2ccccc2c1.I. The number of aliphatic imine (C=N–C) groups is 1. The van der Waals surface area contributed by atoms with Gasteiger partial charge in [-0.25, -0.2) is 0 Å². The number of guanidine groups is 1. The van der Waals surface area contributed by atoms with Crippen molar-refractivity contribution in [3.63, 3.8) is 0 Å². The molecule has 2 N–H and O–H groups in total. The topological polar surface area (TPSA) is 36.4 Å². The van der Waals surface area contributed by atoms with E-state index in [1.807, 2.05) is 11.8 Å². The predicted octanol–water partition coefficient (Wildman–Crippen LogP) is 3.49. The lowest BCUT2D eigenvalue weighted by atomic mass is 10.1. The van der Waals surface area contributed by atoms with Gasteiger partial charge in [-0.15, -0.1) is 24.0 Å². The van der Waals surface area contributed by atoms with Crippen LogP contribution in [0.3, 0.4) is 0 Å². The van der Waals surface area contributed by atoms with Gasteiger partial charge < -0.3 is 10.6 Å². The van der Waals surface area contributed by atoms with Crippen molar-refractivity contribution in [1.82, 2.24) is 10.6 Å². The summed E-state index contributed by atoms with van der Waals surface area (Å²) in [5, 5.41) is 9.19. The molecule has 0 atom stereocenters. The lowest BCUT2D eigenvalue weighted by Crippen LogP contribution is -2.37. The summed E-state index contributed by atoms with van der Waals surface area (Å²) >= 11 is 1.82. The first-order chi connectivity index (χ1) is 9.83. The third-order valence-electron chi connectivity index (χ3n) is 3.10. The van der Waals surface area contributed by atoms with E-state index in [1.54, 1.807) is 7.05 Å². The zero-order valence-electron chi connectivity index (χ0n) is 12.4. The lowest BCUT2D eigenvalue weighted by molar-refractivity contribution is 0.834. The molecule has 21 heavy (non-hydrogen) atoms. The van der Waals surface area contributed by atoms with Gasteiger partial charge in [0, 0.05) is 25.9 Å². The Labute approximate surface area is 148 Å². The van der Waals surface area contributed by atoms with E-state index in [-0.39, 0.29) is 24.0 Å². The molecule has 0 heterocycles. The van der Waals surface area contributed by atoms with Crippen LogP contribution in [0.5, 0.6) is 0 Å². The van der Waals surface area contributed by atoms with E-state index < -0.39 is 0 Å². The van der Waals surface area contributed by atoms with Gasteiger partial charge in [0.1, 0.15) is 0 Å². The average Bonchev–Trinajstić information content (AvgIpc) is 2.50. The molecule has 0 unspecified atom stereocenters. The Kier molecular flexibility index (Phi) is 8.52. The molecule has 0 saturated heterocycles. The number of nitrogens with zero attached hydrogens (tertiary/aromatic N) is 1. The molecule has 0 amide bonds. The van der Waals surface area contributed by atoms with Crippen LogP contribution in [0.2, 0.25) is 0 Å². The largest absolute Gasteiger partial charge is 0.356 e. The van der Waals surface area contributed by atoms with E-state index in [2.05, 4.69) is 64.3 Å².